The first-order chi connectivity index (χ1) is 12.9. The van der Waals surface area contributed by atoms with Crippen LogP contribution in [0.4, 0.5) is 14.5 Å². The molecule has 28 heavy (non-hydrogen) atoms. The average molecular weight is 462 g/mol. The molecule has 3 N–H and O–H groups in total. The van der Waals surface area contributed by atoms with Gasteiger partial charge < -0.3 is 15.7 Å². The van der Waals surface area contributed by atoms with Crippen molar-refractivity contribution in [1.29, 1.82) is 0 Å². The van der Waals surface area contributed by atoms with Crippen LogP contribution in [0.1, 0.15) is 63.7 Å². The molecule has 1 fully saturated rings. The number of anilines is 1. The van der Waals surface area contributed by atoms with Crippen molar-refractivity contribution in [2.45, 2.75) is 76.9 Å². The zero-order chi connectivity index (χ0) is 21.1. The number of hydrogen-bond acceptors (Lipinski definition) is 4. The van der Waals surface area contributed by atoms with Crippen LogP contribution in [0, 0.1) is 5.92 Å². The van der Waals surface area contributed by atoms with Gasteiger partial charge in [-0.25, -0.2) is 13.8 Å². The quantitative estimate of drug-likeness (QED) is 0.526. The summed E-state index contributed by atoms with van der Waals surface area (Å²) in [6, 6.07) is 1.84. The Morgan fingerprint density at radius 2 is 1.93 bits per heavy atom. The molecule has 0 radical (unpaired) electrons. The lowest BCUT2D eigenvalue weighted by Crippen LogP contribution is -2.42. The first-order valence-corrected chi connectivity index (χ1v) is 10.4. The molecular weight excluding hydrogens is 432 g/mol. The molecule has 1 saturated carbocycles. The number of aliphatic hydroxyl groups is 1. The van der Waals surface area contributed by atoms with E-state index in [0.29, 0.717) is 15.9 Å². The highest BCUT2D eigenvalue weighted by atomic mass is 79.9. The lowest BCUT2D eigenvalue weighted by Gasteiger charge is -2.35. The van der Waals surface area contributed by atoms with Crippen LogP contribution in [-0.2, 0) is 0 Å². The van der Waals surface area contributed by atoms with E-state index in [1.54, 1.807) is 19.9 Å². The molecule has 1 atom stereocenters. The highest BCUT2D eigenvalue weighted by Gasteiger charge is 2.33. The van der Waals surface area contributed by atoms with Gasteiger partial charge in [0, 0.05) is 12.2 Å². The number of carbonyl (C=O) groups is 1. The van der Waals surface area contributed by atoms with Gasteiger partial charge in [0.2, 0.25) is 0 Å². The van der Waals surface area contributed by atoms with Crippen LogP contribution in [0.15, 0.2) is 16.9 Å². The summed E-state index contributed by atoms with van der Waals surface area (Å²) in [6.07, 6.45) is 3.02. The minimum atomic E-state index is -1.59. The Hall–Kier alpha value is -1.28. The molecule has 0 saturated heterocycles. The second kappa shape index (κ2) is 9.03. The lowest BCUT2D eigenvalue weighted by atomic mass is 9.78. The molecule has 1 aromatic heterocycles. The fraction of sp³-hybridized carbons (Fsp3) is 0.700. The van der Waals surface area contributed by atoms with Crippen molar-refractivity contribution >= 4 is 27.5 Å². The van der Waals surface area contributed by atoms with Crippen LogP contribution in [0.2, 0.25) is 0 Å². The van der Waals surface area contributed by atoms with Crippen molar-refractivity contribution in [3.8, 4) is 0 Å². The molecule has 1 aromatic rings. The highest BCUT2D eigenvalue weighted by Crippen LogP contribution is 2.36. The van der Waals surface area contributed by atoms with Crippen LogP contribution < -0.4 is 10.6 Å². The number of nitrogens with zero attached hydrogens (tertiary/aromatic N) is 1. The zero-order valence-corrected chi connectivity index (χ0v) is 18.4. The lowest BCUT2D eigenvalue weighted by molar-refractivity contribution is -0.00177. The molecule has 1 amide bonds. The number of nitrogens with one attached hydrogen (secondary N) is 2. The van der Waals surface area contributed by atoms with E-state index in [-0.39, 0.29) is 18.5 Å². The minimum absolute atomic E-state index is 0.0424. The monoisotopic (exact) mass is 461 g/mol. The molecular formula is C20H30BrF2N3O2. The second-order valence-corrected chi connectivity index (χ2v) is 9.45. The normalized spacial score (nSPS) is 21.9. The fourth-order valence-corrected chi connectivity index (χ4v) is 3.73. The number of hydrogen-bond donors (Lipinski definition) is 3. The summed E-state index contributed by atoms with van der Waals surface area (Å²) in [6.45, 7) is 5.66. The molecule has 0 spiro atoms. The average Bonchev–Trinajstić information content (AvgIpc) is 2.58. The molecule has 0 bridgehead atoms. The second-order valence-electron chi connectivity index (χ2n) is 8.64. The molecule has 158 valence electrons. The van der Waals surface area contributed by atoms with E-state index in [1.165, 1.54) is 20.0 Å². The van der Waals surface area contributed by atoms with Gasteiger partial charge in [-0.3, -0.25) is 4.79 Å². The summed E-state index contributed by atoms with van der Waals surface area (Å²) in [5, 5.41) is 15.5. The number of rotatable bonds is 7. The third-order valence-corrected chi connectivity index (χ3v) is 5.81. The molecule has 0 aliphatic heterocycles. The van der Waals surface area contributed by atoms with Crippen molar-refractivity contribution in [2.24, 2.45) is 5.92 Å². The SMILES string of the molecule is CC(C)(O)[C@H](F)CNC(=O)c1cnc(Br)cc1N[C@H]1CC[C@H](C(C)(C)F)CC1. The first-order valence-electron chi connectivity index (χ1n) is 9.63. The van der Waals surface area contributed by atoms with Gasteiger partial charge in [-0.2, -0.15) is 0 Å². The third-order valence-electron chi connectivity index (χ3n) is 5.38. The van der Waals surface area contributed by atoms with Crippen molar-refractivity contribution in [3.05, 3.63) is 22.4 Å². The van der Waals surface area contributed by atoms with Crippen LogP contribution >= 0.6 is 15.9 Å². The summed E-state index contributed by atoms with van der Waals surface area (Å²) in [5.41, 5.74) is -1.81. The first kappa shape index (κ1) is 23.0. The topological polar surface area (TPSA) is 74.2 Å². The van der Waals surface area contributed by atoms with E-state index in [1.807, 2.05) is 0 Å². The highest BCUT2D eigenvalue weighted by molar-refractivity contribution is 9.10. The van der Waals surface area contributed by atoms with Gasteiger partial charge in [0.15, 0.2) is 0 Å². The van der Waals surface area contributed by atoms with Crippen molar-refractivity contribution in [1.82, 2.24) is 10.3 Å². The maximum absolute atomic E-state index is 14.1. The molecule has 2 rings (SSSR count). The van der Waals surface area contributed by atoms with Gasteiger partial charge in [0.1, 0.15) is 16.4 Å². The van der Waals surface area contributed by atoms with Crippen molar-refractivity contribution in [2.75, 3.05) is 11.9 Å². The molecule has 1 aliphatic carbocycles. The summed E-state index contributed by atoms with van der Waals surface area (Å²) >= 11 is 3.31. The Morgan fingerprint density at radius 1 is 1.32 bits per heavy atom. The van der Waals surface area contributed by atoms with E-state index in [9.17, 15) is 18.7 Å². The Kier molecular flexibility index (Phi) is 7.42. The predicted octanol–water partition coefficient (Wildman–Crippen LogP) is 4.40. The van der Waals surface area contributed by atoms with E-state index >= 15 is 0 Å². The van der Waals surface area contributed by atoms with Crippen molar-refractivity contribution < 1.29 is 18.7 Å². The molecule has 5 nitrogen and oxygen atoms in total. The Bertz CT molecular complexity index is 681. The predicted molar refractivity (Wildman–Crippen MR) is 110 cm³/mol. The van der Waals surface area contributed by atoms with E-state index in [2.05, 4.69) is 31.5 Å². The number of aromatic nitrogens is 1. The van der Waals surface area contributed by atoms with Gasteiger partial charge in [-0.1, -0.05) is 0 Å². The zero-order valence-electron chi connectivity index (χ0n) is 16.9. The van der Waals surface area contributed by atoms with E-state index in [4.69, 9.17) is 0 Å². The standard InChI is InChI=1S/C20H30BrF2N3O2/c1-19(2,23)12-5-7-13(8-6-12)26-15-9-17(21)24-10-14(15)18(27)25-11-16(22)20(3,4)28/h9-10,12-13,16,28H,5-8,11H2,1-4H3,(H,24,26)(H,25,27)/t12-,13-,16-/m1/s1. The number of halogens is 3. The number of carbonyl (C=O) groups excluding carboxylic acids is 1. The summed E-state index contributed by atoms with van der Waals surface area (Å²) in [5.74, 6) is -0.422. The Morgan fingerprint density at radius 3 is 2.46 bits per heavy atom. The summed E-state index contributed by atoms with van der Waals surface area (Å²) in [4.78, 5) is 16.6. The van der Waals surface area contributed by atoms with E-state index < -0.39 is 23.3 Å². The van der Waals surface area contributed by atoms with E-state index in [0.717, 1.165) is 25.7 Å². The summed E-state index contributed by atoms with van der Waals surface area (Å²) < 4.78 is 28.6. The molecule has 8 heteroatoms. The van der Waals surface area contributed by atoms with Gasteiger partial charge >= 0.3 is 0 Å². The van der Waals surface area contributed by atoms with Gasteiger partial charge in [-0.05, 0) is 81.3 Å². The minimum Gasteiger partial charge on any atom is -0.387 e. The Labute approximate surface area is 173 Å². The summed E-state index contributed by atoms with van der Waals surface area (Å²) in [7, 11) is 0. The number of amides is 1. The Balaban J connectivity index is 2.03. The molecule has 0 unspecified atom stereocenters. The van der Waals surface area contributed by atoms with Gasteiger partial charge in [0.05, 0.1) is 23.4 Å². The smallest absolute Gasteiger partial charge is 0.255 e. The third kappa shape index (κ3) is 6.37. The van der Waals surface area contributed by atoms with Crippen LogP contribution in [-0.4, -0.2) is 46.0 Å². The molecule has 0 aromatic carbocycles. The maximum atomic E-state index is 14.1. The maximum Gasteiger partial charge on any atom is 0.255 e. The fourth-order valence-electron chi connectivity index (χ4n) is 3.40. The van der Waals surface area contributed by atoms with Crippen LogP contribution in [0.3, 0.4) is 0 Å². The molecule has 1 aliphatic rings. The largest absolute Gasteiger partial charge is 0.387 e. The van der Waals surface area contributed by atoms with Crippen LogP contribution in [0.5, 0.6) is 0 Å². The number of pyridine rings is 1. The number of alkyl halides is 2. The van der Waals surface area contributed by atoms with Crippen LogP contribution in [0.25, 0.3) is 0 Å². The van der Waals surface area contributed by atoms with Crippen molar-refractivity contribution in [3.63, 3.8) is 0 Å². The van der Waals surface area contributed by atoms with Gasteiger partial charge in [-0.15, -0.1) is 0 Å². The molecule has 1 heterocycles. The van der Waals surface area contributed by atoms with Gasteiger partial charge in [0.25, 0.3) is 5.91 Å².